The molecule has 2 N–H and O–H groups in total. The second-order valence-electron chi connectivity index (χ2n) is 6.02. The Labute approximate surface area is 109 Å². The van der Waals surface area contributed by atoms with Gasteiger partial charge in [0.1, 0.15) is 0 Å². The van der Waals surface area contributed by atoms with E-state index in [0.29, 0.717) is 31.5 Å². The van der Waals surface area contributed by atoms with Gasteiger partial charge in [-0.2, -0.15) is 17.0 Å². The lowest BCUT2D eigenvalue weighted by molar-refractivity contribution is 0.271. The molecule has 0 aromatic carbocycles. The van der Waals surface area contributed by atoms with Crippen molar-refractivity contribution in [3.05, 3.63) is 0 Å². The molecule has 1 unspecified atom stereocenters. The second kappa shape index (κ2) is 4.74. The first-order valence-corrected chi connectivity index (χ1v) is 8.48. The van der Waals surface area contributed by atoms with Gasteiger partial charge in [0.15, 0.2) is 0 Å². The van der Waals surface area contributed by atoms with Crippen molar-refractivity contribution in [3.8, 4) is 0 Å². The zero-order chi connectivity index (χ0) is 12.8. The van der Waals surface area contributed by atoms with Crippen molar-refractivity contribution in [1.82, 2.24) is 8.61 Å². The first-order valence-electron chi connectivity index (χ1n) is 7.08. The third-order valence-corrected chi connectivity index (χ3v) is 6.74. The van der Waals surface area contributed by atoms with E-state index in [9.17, 15) is 8.42 Å². The third kappa shape index (κ3) is 2.19. The van der Waals surface area contributed by atoms with Crippen molar-refractivity contribution in [2.75, 3.05) is 26.2 Å². The minimum absolute atomic E-state index is 0.278. The van der Waals surface area contributed by atoms with Crippen molar-refractivity contribution in [1.29, 1.82) is 0 Å². The first-order chi connectivity index (χ1) is 8.57. The number of nitrogens with two attached hydrogens (primary N) is 1. The maximum absolute atomic E-state index is 12.5. The molecule has 5 nitrogen and oxygen atoms in total. The van der Waals surface area contributed by atoms with Gasteiger partial charge in [-0.05, 0) is 43.9 Å². The molecule has 1 aliphatic carbocycles. The molecule has 3 rings (SSSR count). The standard InChI is InChI=1S/C12H23N3O2S/c13-12-4-3-10-8-15(9-11(10)7-12)18(16,17)14-5-1-2-6-14/h10-12H,1-9,13H2/t10-,11+,12?/m1/s1. The van der Waals surface area contributed by atoms with Gasteiger partial charge < -0.3 is 5.73 Å². The predicted molar refractivity (Wildman–Crippen MR) is 70.1 cm³/mol. The summed E-state index contributed by atoms with van der Waals surface area (Å²) in [5.74, 6) is 1.04. The summed E-state index contributed by atoms with van der Waals surface area (Å²) in [6.07, 6.45) is 5.16. The van der Waals surface area contributed by atoms with Crippen molar-refractivity contribution in [2.24, 2.45) is 17.6 Å². The van der Waals surface area contributed by atoms with E-state index in [-0.39, 0.29) is 6.04 Å². The average Bonchev–Trinajstić information content (AvgIpc) is 2.97. The summed E-state index contributed by atoms with van der Waals surface area (Å²) in [6.45, 7) is 2.81. The number of hydrogen-bond donors (Lipinski definition) is 1. The van der Waals surface area contributed by atoms with E-state index in [4.69, 9.17) is 5.73 Å². The van der Waals surface area contributed by atoms with Gasteiger partial charge in [-0.1, -0.05) is 0 Å². The molecule has 3 atom stereocenters. The van der Waals surface area contributed by atoms with Crippen LogP contribution in [0, 0.1) is 11.8 Å². The SMILES string of the molecule is NC1CC[C@@H]2CN(S(=O)(=O)N3CCCC3)C[C@@H]2C1. The lowest BCUT2D eigenvalue weighted by Gasteiger charge is -2.28. The van der Waals surface area contributed by atoms with Gasteiger partial charge >= 0.3 is 0 Å². The molecule has 6 heteroatoms. The minimum atomic E-state index is -3.19. The molecule has 0 aromatic heterocycles. The van der Waals surface area contributed by atoms with Crippen molar-refractivity contribution in [3.63, 3.8) is 0 Å². The fraction of sp³-hybridized carbons (Fsp3) is 1.00. The Hall–Kier alpha value is -0.170. The Balaban J connectivity index is 1.71. The summed E-state index contributed by atoms with van der Waals surface area (Å²) in [6, 6.07) is 0.278. The highest BCUT2D eigenvalue weighted by atomic mass is 32.2. The summed E-state index contributed by atoms with van der Waals surface area (Å²) in [4.78, 5) is 0. The van der Waals surface area contributed by atoms with Crippen LogP contribution in [0.15, 0.2) is 0 Å². The molecule has 0 aromatic rings. The van der Waals surface area contributed by atoms with E-state index >= 15 is 0 Å². The van der Waals surface area contributed by atoms with Crippen molar-refractivity contribution < 1.29 is 8.42 Å². The first kappa shape index (κ1) is 12.8. The number of nitrogens with zero attached hydrogens (tertiary/aromatic N) is 2. The topological polar surface area (TPSA) is 66.6 Å². The third-order valence-electron chi connectivity index (χ3n) is 4.77. The Morgan fingerprint density at radius 2 is 1.61 bits per heavy atom. The van der Waals surface area contributed by atoms with E-state index in [1.54, 1.807) is 8.61 Å². The van der Waals surface area contributed by atoms with E-state index in [1.807, 2.05) is 0 Å². The maximum atomic E-state index is 12.5. The van der Waals surface area contributed by atoms with Gasteiger partial charge in [-0.15, -0.1) is 0 Å². The second-order valence-corrected chi connectivity index (χ2v) is 7.95. The fourth-order valence-electron chi connectivity index (χ4n) is 3.70. The van der Waals surface area contributed by atoms with Crippen molar-refractivity contribution >= 4 is 10.2 Å². The van der Waals surface area contributed by atoms with Crippen LogP contribution in [-0.2, 0) is 10.2 Å². The molecule has 3 fully saturated rings. The molecular formula is C12H23N3O2S. The van der Waals surface area contributed by atoms with Crippen LogP contribution >= 0.6 is 0 Å². The molecule has 18 heavy (non-hydrogen) atoms. The molecule has 104 valence electrons. The highest BCUT2D eigenvalue weighted by Crippen LogP contribution is 2.37. The average molecular weight is 273 g/mol. The van der Waals surface area contributed by atoms with Crippen LogP contribution in [0.5, 0.6) is 0 Å². The summed E-state index contributed by atoms with van der Waals surface area (Å²) < 4.78 is 28.3. The van der Waals surface area contributed by atoms with Gasteiger partial charge in [-0.3, -0.25) is 0 Å². The largest absolute Gasteiger partial charge is 0.328 e. The number of hydrogen-bond acceptors (Lipinski definition) is 3. The summed E-state index contributed by atoms with van der Waals surface area (Å²) in [5, 5.41) is 0. The Morgan fingerprint density at radius 1 is 0.944 bits per heavy atom. The quantitative estimate of drug-likeness (QED) is 0.791. The Kier molecular flexibility index (Phi) is 3.38. The number of rotatable bonds is 2. The molecule has 0 amide bonds. The van der Waals surface area contributed by atoms with Crippen LogP contribution in [-0.4, -0.2) is 49.2 Å². The van der Waals surface area contributed by atoms with Gasteiger partial charge in [0.25, 0.3) is 10.2 Å². The van der Waals surface area contributed by atoms with Gasteiger partial charge in [0, 0.05) is 32.2 Å². The van der Waals surface area contributed by atoms with E-state index in [2.05, 4.69) is 0 Å². The van der Waals surface area contributed by atoms with Crippen LogP contribution in [0.4, 0.5) is 0 Å². The monoisotopic (exact) mass is 273 g/mol. The van der Waals surface area contributed by atoms with Crippen LogP contribution in [0.3, 0.4) is 0 Å². The smallest absolute Gasteiger partial charge is 0.281 e. The highest BCUT2D eigenvalue weighted by molar-refractivity contribution is 7.86. The summed E-state index contributed by atoms with van der Waals surface area (Å²) >= 11 is 0. The van der Waals surface area contributed by atoms with E-state index < -0.39 is 10.2 Å². The predicted octanol–water partition coefficient (Wildman–Crippen LogP) is 0.386. The molecule has 1 saturated carbocycles. The molecule has 2 heterocycles. The fourth-order valence-corrected chi connectivity index (χ4v) is 5.50. The Morgan fingerprint density at radius 3 is 2.33 bits per heavy atom. The van der Waals surface area contributed by atoms with Gasteiger partial charge in [0.05, 0.1) is 0 Å². The van der Waals surface area contributed by atoms with Gasteiger partial charge in [0.2, 0.25) is 0 Å². The van der Waals surface area contributed by atoms with E-state index in [0.717, 1.165) is 38.6 Å². The van der Waals surface area contributed by atoms with Crippen LogP contribution in [0.1, 0.15) is 32.1 Å². The molecular weight excluding hydrogens is 250 g/mol. The lowest BCUT2D eigenvalue weighted by Crippen LogP contribution is -2.41. The maximum Gasteiger partial charge on any atom is 0.281 e. The highest BCUT2D eigenvalue weighted by Gasteiger charge is 2.43. The zero-order valence-corrected chi connectivity index (χ0v) is 11.6. The molecule has 3 aliphatic rings. The molecule has 2 saturated heterocycles. The lowest BCUT2D eigenvalue weighted by atomic mass is 9.79. The van der Waals surface area contributed by atoms with E-state index in [1.165, 1.54) is 0 Å². The molecule has 2 aliphatic heterocycles. The Bertz CT molecular complexity index is 406. The normalized spacial score (nSPS) is 39.1. The van der Waals surface area contributed by atoms with Crippen molar-refractivity contribution in [2.45, 2.75) is 38.1 Å². The van der Waals surface area contributed by atoms with Crippen LogP contribution in [0.2, 0.25) is 0 Å². The van der Waals surface area contributed by atoms with Crippen LogP contribution in [0.25, 0.3) is 0 Å². The minimum Gasteiger partial charge on any atom is -0.328 e. The molecule has 0 radical (unpaired) electrons. The molecule has 0 spiro atoms. The van der Waals surface area contributed by atoms with Crippen LogP contribution < -0.4 is 5.73 Å². The number of fused-ring (bicyclic) bond motifs is 1. The zero-order valence-electron chi connectivity index (χ0n) is 10.8. The van der Waals surface area contributed by atoms with Gasteiger partial charge in [-0.25, -0.2) is 0 Å². The molecule has 0 bridgehead atoms. The summed E-state index contributed by atoms with van der Waals surface area (Å²) in [5.41, 5.74) is 5.99. The summed E-state index contributed by atoms with van der Waals surface area (Å²) in [7, 11) is -3.19.